The van der Waals surface area contributed by atoms with E-state index in [1.165, 1.54) is 4.88 Å². The molecule has 0 saturated carbocycles. The second kappa shape index (κ2) is 5.82. The fourth-order valence-corrected chi connectivity index (χ4v) is 2.50. The second-order valence-electron chi connectivity index (χ2n) is 4.00. The molecule has 0 fully saturated rings. The van der Waals surface area contributed by atoms with E-state index in [-0.39, 0.29) is 5.91 Å². The average Bonchev–Trinajstić information content (AvgIpc) is 2.98. The number of carbonyl (C=O) groups is 1. The number of nitrogens with zero attached hydrogens (tertiary/aromatic N) is 1. The van der Waals surface area contributed by atoms with Crippen LogP contribution in [0.15, 0.2) is 22.0 Å². The number of carbonyl (C=O) groups excluding carboxylic acids is 1. The Morgan fingerprint density at radius 2 is 2.39 bits per heavy atom. The molecule has 0 saturated heterocycles. The molecule has 0 radical (unpaired) electrons. The third kappa shape index (κ3) is 2.79. The first-order valence-corrected chi connectivity index (χ1v) is 6.86. The van der Waals surface area contributed by atoms with Gasteiger partial charge >= 0.3 is 0 Å². The Morgan fingerprint density at radius 3 is 3.06 bits per heavy atom. The van der Waals surface area contributed by atoms with Gasteiger partial charge in [-0.2, -0.15) is 0 Å². The van der Waals surface area contributed by atoms with Crippen molar-refractivity contribution in [3.8, 4) is 0 Å². The summed E-state index contributed by atoms with van der Waals surface area (Å²) in [6, 6.07) is 4.08. The molecule has 0 aromatic carbocycles. The van der Waals surface area contributed by atoms with Gasteiger partial charge in [0.15, 0.2) is 0 Å². The highest BCUT2D eigenvalue weighted by atomic mass is 32.1. The lowest BCUT2D eigenvalue weighted by Gasteiger charge is -2.04. The van der Waals surface area contributed by atoms with Crippen LogP contribution in [0.4, 0.5) is 0 Å². The van der Waals surface area contributed by atoms with E-state index in [1.807, 2.05) is 18.4 Å². The number of rotatable bonds is 5. The van der Waals surface area contributed by atoms with E-state index in [0.717, 1.165) is 12.1 Å². The maximum Gasteiger partial charge on any atom is 0.256 e. The third-order valence-corrected chi connectivity index (χ3v) is 3.67. The van der Waals surface area contributed by atoms with Crippen LogP contribution in [0.3, 0.4) is 0 Å². The van der Waals surface area contributed by atoms with Crippen molar-refractivity contribution in [3.63, 3.8) is 0 Å². The van der Waals surface area contributed by atoms with Crippen LogP contribution in [0.2, 0.25) is 0 Å². The fraction of sp³-hybridized carbons (Fsp3) is 0.385. The highest BCUT2D eigenvalue weighted by Gasteiger charge is 2.18. The molecule has 2 heterocycles. The van der Waals surface area contributed by atoms with Gasteiger partial charge in [0.1, 0.15) is 11.3 Å². The number of aromatic nitrogens is 1. The molecule has 1 N–H and O–H groups in total. The summed E-state index contributed by atoms with van der Waals surface area (Å²) in [5.41, 5.74) is 1.31. The highest BCUT2D eigenvalue weighted by molar-refractivity contribution is 7.09. The maximum absolute atomic E-state index is 12.0. The van der Waals surface area contributed by atoms with E-state index in [1.54, 1.807) is 18.3 Å². The van der Waals surface area contributed by atoms with Crippen molar-refractivity contribution in [2.24, 2.45) is 0 Å². The van der Waals surface area contributed by atoms with Crippen LogP contribution in [-0.2, 0) is 12.8 Å². The van der Waals surface area contributed by atoms with Crippen molar-refractivity contribution >= 4 is 17.2 Å². The Labute approximate surface area is 110 Å². The van der Waals surface area contributed by atoms with Gasteiger partial charge < -0.3 is 9.84 Å². The quantitative estimate of drug-likeness (QED) is 0.903. The molecule has 5 heteroatoms. The topological polar surface area (TPSA) is 55.1 Å². The Balaban J connectivity index is 1.93. The molecule has 0 aliphatic carbocycles. The van der Waals surface area contributed by atoms with Crippen molar-refractivity contribution in [1.29, 1.82) is 0 Å². The number of hydrogen-bond acceptors (Lipinski definition) is 4. The van der Waals surface area contributed by atoms with E-state index in [2.05, 4.69) is 16.5 Å². The number of thiophene rings is 1. The summed E-state index contributed by atoms with van der Waals surface area (Å²) in [5, 5.41) is 8.82. The number of hydrogen-bond donors (Lipinski definition) is 1. The van der Waals surface area contributed by atoms with Crippen molar-refractivity contribution in [2.45, 2.75) is 26.7 Å². The molecule has 0 atom stereocenters. The Kier molecular flexibility index (Phi) is 4.15. The largest absolute Gasteiger partial charge is 0.361 e. The second-order valence-corrected chi connectivity index (χ2v) is 5.03. The van der Waals surface area contributed by atoms with Crippen LogP contribution in [0.5, 0.6) is 0 Å². The molecule has 18 heavy (non-hydrogen) atoms. The molecule has 2 aromatic rings. The third-order valence-electron chi connectivity index (χ3n) is 2.73. The van der Waals surface area contributed by atoms with Crippen LogP contribution < -0.4 is 5.32 Å². The Hall–Kier alpha value is -1.62. The molecule has 2 aromatic heterocycles. The minimum atomic E-state index is -0.0952. The number of aryl methyl sites for hydroxylation is 2. The lowest BCUT2D eigenvalue weighted by molar-refractivity contribution is 0.0952. The molecule has 4 nitrogen and oxygen atoms in total. The molecular weight excluding hydrogens is 248 g/mol. The zero-order valence-electron chi connectivity index (χ0n) is 10.5. The van der Waals surface area contributed by atoms with Gasteiger partial charge in [-0.1, -0.05) is 18.1 Å². The van der Waals surface area contributed by atoms with E-state index < -0.39 is 0 Å². The van der Waals surface area contributed by atoms with Gasteiger partial charge in [-0.25, -0.2) is 0 Å². The van der Waals surface area contributed by atoms with Gasteiger partial charge in [0.25, 0.3) is 5.91 Å². The van der Waals surface area contributed by atoms with Gasteiger partial charge in [0.2, 0.25) is 0 Å². The summed E-state index contributed by atoms with van der Waals surface area (Å²) in [6.07, 6.45) is 1.56. The molecule has 2 rings (SSSR count). The molecule has 0 spiro atoms. The van der Waals surface area contributed by atoms with E-state index in [9.17, 15) is 4.79 Å². The summed E-state index contributed by atoms with van der Waals surface area (Å²) >= 11 is 1.70. The van der Waals surface area contributed by atoms with Crippen LogP contribution in [0.1, 0.15) is 33.6 Å². The summed E-state index contributed by atoms with van der Waals surface area (Å²) in [7, 11) is 0. The first-order chi connectivity index (χ1) is 8.72. The normalized spacial score (nSPS) is 10.6. The van der Waals surface area contributed by atoms with Crippen LogP contribution in [0, 0.1) is 6.92 Å². The van der Waals surface area contributed by atoms with Crippen LogP contribution in [0.25, 0.3) is 0 Å². The van der Waals surface area contributed by atoms with Gasteiger partial charge in [-0.15, -0.1) is 11.3 Å². The zero-order valence-corrected chi connectivity index (χ0v) is 11.3. The number of nitrogens with one attached hydrogen (secondary N) is 1. The fourth-order valence-electron chi connectivity index (χ4n) is 1.79. The smallest absolute Gasteiger partial charge is 0.256 e. The Morgan fingerprint density at radius 1 is 1.56 bits per heavy atom. The van der Waals surface area contributed by atoms with Gasteiger partial charge in [0.05, 0.1) is 5.69 Å². The van der Waals surface area contributed by atoms with Crippen LogP contribution in [-0.4, -0.2) is 17.6 Å². The van der Waals surface area contributed by atoms with Crippen molar-refractivity contribution in [3.05, 3.63) is 39.4 Å². The highest BCUT2D eigenvalue weighted by Crippen LogP contribution is 2.14. The predicted octanol–water partition coefficient (Wildman–Crippen LogP) is 2.58. The first kappa shape index (κ1) is 12.8. The standard InChI is InChI=1S/C13H16N2O2S/c1-3-11-12(9(2)17-15-11)13(16)14-7-6-10-5-4-8-18-10/h4-5,8H,3,6-7H2,1-2H3,(H,14,16). The molecule has 0 bridgehead atoms. The summed E-state index contributed by atoms with van der Waals surface area (Å²) < 4.78 is 5.05. The first-order valence-electron chi connectivity index (χ1n) is 5.98. The summed E-state index contributed by atoms with van der Waals surface area (Å²) in [4.78, 5) is 13.3. The summed E-state index contributed by atoms with van der Waals surface area (Å²) in [6.45, 7) is 4.35. The lowest BCUT2D eigenvalue weighted by Crippen LogP contribution is -2.26. The molecular formula is C13H16N2O2S. The van der Waals surface area contributed by atoms with E-state index >= 15 is 0 Å². The zero-order chi connectivity index (χ0) is 13.0. The molecule has 0 aliphatic rings. The minimum absolute atomic E-state index is 0.0952. The minimum Gasteiger partial charge on any atom is -0.361 e. The molecule has 0 aliphatic heterocycles. The lowest BCUT2D eigenvalue weighted by atomic mass is 10.1. The monoisotopic (exact) mass is 264 g/mol. The molecule has 0 unspecified atom stereocenters. The van der Waals surface area contributed by atoms with E-state index in [0.29, 0.717) is 24.3 Å². The van der Waals surface area contributed by atoms with Crippen molar-refractivity contribution in [2.75, 3.05) is 6.54 Å². The maximum atomic E-state index is 12.0. The van der Waals surface area contributed by atoms with Gasteiger partial charge in [0, 0.05) is 11.4 Å². The van der Waals surface area contributed by atoms with Crippen LogP contribution >= 0.6 is 11.3 Å². The summed E-state index contributed by atoms with van der Waals surface area (Å²) in [5.74, 6) is 0.489. The van der Waals surface area contributed by atoms with Crippen molar-refractivity contribution < 1.29 is 9.32 Å². The van der Waals surface area contributed by atoms with Gasteiger partial charge in [-0.05, 0) is 31.2 Å². The average molecular weight is 264 g/mol. The predicted molar refractivity (Wildman–Crippen MR) is 71.0 cm³/mol. The van der Waals surface area contributed by atoms with Crippen molar-refractivity contribution in [1.82, 2.24) is 10.5 Å². The number of amides is 1. The van der Waals surface area contributed by atoms with Gasteiger partial charge in [-0.3, -0.25) is 4.79 Å². The molecule has 1 amide bonds. The SMILES string of the molecule is CCc1noc(C)c1C(=O)NCCc1cccs1. The van der Waals surface area contributed by atoms with E-state index in [4.69, 9.17) is 4.52 Å². The Bertz CT molecular complexity index is 517. The molecule has 96 valence electrons.